The summed E-state index contributed by atoms with van der Waals surface area (Å²) < 4.78 is 27.6. The van der Waals surface area contributed by atoms with Crippen molar-refractivity contribution in [3.63, 3.8) is 0 Å². The van der Waals surface area contributed by atoms with Crippen molar-refractivity contribution in [2.45, 2.75) is 18.7 Å². The van der Waals surface area contributed by atoms with Crippen molar-refractivity contribution < 1.29 is 13.2 Å². The molecule has 2 aromatic carbocycles. The van der Waals surface area contributed by atoms with Gasteiger partial charge in [0, 0.05) is 11.3 Å². The average molecular weight is 339 g/mol. The van der Waals surface area contributed by atoms with Gasteiger partial charge in [-0.15, -0.1) is 0 Å². The molecule has 0 amide bonds. The highest BCUT2D eigenvalue weighted by Crippen LogP contribution is 2.33. The summed E-state index contributed by atoms with van der Waals surface area (Å²) in [4.78, 5) is 11.7. The third-order valence-electron chi connectivity index (χ3n) is 4.10. The van der Waals surface area contributed by atoms with Gasteiger partial charge in [-0.3, -0.25) is 4.79 Å². The van der Waals surface area contributed by atoms with Crippen molar-refractivity contribution in [1.29, 1.82) is 0 Å². The van der Waals surface area contributed by atoms with E-state index in [0.717, 1.165) is 5.56 Å². The molecule has 0 atom stereocenters. The van der Waals surface area contributed by atoms with Crippen molar-refractivity contribution >= 4 is 16.3 Å². The molecule has 0 unspecified atom stereocenters. The molecular formula is C19H17NO3S. The Balaban J connectivity index is 2.39. The maximum absolute atomic E-state index is 13.2. The van der Waals surface area contributed by atoms with Gasteiger partial charge in [-0.2, -0.15) is 0 Å². The van der Waals surface area contributed by atoms with Gasteiger partial charge in [0.05, 0.1) is 10.6 Å². The molecular weight excluding hydrogens is 322 g/mol. The standard InChI is InChI=1S/C19H17NO3S/c1-14-18(13-21)15(2)20(19(14)16-9-5-3-6-10-16)24(22,23)17-11-7-4-8-12-17/h3-13H,1-2H3. The zero-order chi connectivity index (χ0) is 17.3. The van der Waals surface area contributed by atoms with Crippen LogP contribution in [0.2, 0.25) is 0 Å². The molecule has 0 N–H and O–H groups in total. The summed E-state index contributed by atoms with van der Waals surface area (Å²) in [7, 11) is -3.80. The highest BCUT2D eigenvalue weighted by molar-refractivity contribution is 7.90. The topological polar surface area (TPSA) is 56.1 Å². The second kappa shape index (κ2) is 6.09. The second-order valence-corrected chi connectivity index (χ2v) is 7.33. The summed E-state index contributed by atoms with van der Waals surface area (Å²) in [5.41, 5.74) is 2.77. The Morgan fingerprint density at radius 2 is 1.42 bits per heavy atom. The molecule has 0 aliphatic carbocycles. The lowest BCUT2D eigenvalue weighted by molar-refractivity contribution is 0.112. The minimum Gasteiger partial charge on any atom is -0.298 e. The Bertz CT molecular complexity index is 988. The van der Waals surface area contributed by atoms with E-state index in [1.807, 2.05) is 30.3 Å². The SMILES string of the molecule is Cc1c(C=O)c(C)n(S(=O)(=O)c2ccccc2)c1-c1ccccc1. The van der Waals surface area contributed by atoms with Gasteiger partial charge in [-0.05, 0) is 37.1 Å². The first-order valence-corrected chi connectivity index (χ1v) is 8.95. The van der Waals surface area contributed by atoms with Crippen molar-refractivity contribution in [3.8, 4) is 11.3 Å². The van der Waals surface area contributed by atoms with Crippen LogP contribution in [-0.2, 0) is 10.0 Å². The number of hydrogen-bond donors (Lipinski definition) is 0. The zero-order valence-electron chi connectivity index (χ0n) is 13.4. The van der Waals surface area contributed by atoms with Crippen LogP contribution in [0.25, 0.3) is 11.3 Å². The van der Waals surface area contributed by atoms with Crippen LogP contribution in [0, 0.1) is 13.8 Å². The van der Waals surface area contributed by atoms with E-state index < -0.39 is 10.0 Å². The number of rotatable bonds is 4. The third-order valence-corrected chi connectivity index (χ3v) is 5.91. The Labute approximate surface area is 141 Å². The van der Waals surface area contributed by atoms with Crippen LogP contribution in [0.4, 0.5) is 0 Å². The van der Waals surface area contributed by atoms with Crippen LogP contribution in [0.15, 0.2) is 65.6 Å². The van der Waals surface area contributed by atoms with Crippen molar-refractivity contribution in [1.82, 2.24) is 3.97 Å². The van der Waals surface area contributed by atoms with Gasteiger partial charge in [0.15, 0.2) is 6.29 Å². The molecule has 0 bridgehead atoms. The molecule has 0 spiro atoms. The lowest BCUT2D eigenvalue weighted by atomic mass is 10.1. The molecule has 1 heterocycles. The summed E-state index contributed by atoms with van der Waals surface area (Å²) in [6.45, 7) is 3.43. The summed E-state index contributed by atoms with van der Waals surface area (Å²) in [5.74, 6) is 0. The average Bonchev–Trinajstić information content (AvgIpc) is 2.87. The normalized spacial score (nSPS) is 11.4. The summed E-state index contributed by atoms with van der Waals surface area (Å²) in [5, 5.41) is 0. The predicted molar refractivity (Wildman–Crippen MR) is 93.8 cm³/mol. The Morgan fingerprint density at radius 1 is 0.875 bits per heavy atom. The lowest BCUT2D eigenvalue weighted by Crippen LogP contribution is -2.16. The van der Waals surface area contributed by atoms with Crippen molar-refractivity contribution in [2.75, 3.05) is 0 Å². The predicted octanol–water partition coefficient (Wildman–Crippen LogP) is 3.82. The molecule has 1 aromatic heterocycles. The highest BCUT2D eigenvalue weighted by Gasteiger charge is 2.27. The van der Waals surface area contributed by atoms with E-state index in [-0.39, 0.29) is 4.90 Å². The monoisotopic (exact) mass is 339 g/mol. The van der Waals surface area contributed by atoms with Gasteiger partial charge < -0.3 is 0 Å². The van der Waals surface area contributed by atoms with Crippen LogP contribution in [0.3, 0.4) is 0 Å². The van der Waals surface area contributed by atoms with E-state index >= 15 is 0 Å². The summed E-state index contributed by atoms with van der Waals surface area (Å²) in [6.07, 6.45) is 0.716. The van der Waals surface area contributed by atoms with Gasteiger partial charge in [0.25, 0.3) is 10.0 Å². The first kappa shape index (κ1) is 16.2. The summed E-state index contributed by atoms with van der Waals surface area (Å²) in [6, 6.07) is 17.5. The van der Waals surface area contributed by atoms with E-state index in [1.165, 1.54) is 3.97 Å². The highest BCUT2D eigenvalue weighted by atomic mass is 32.2. The summed E-state index contributed by atoms with van der Waals surface area (Å²) >= 11 is 0. The maximum Gasteiger partial charge on any atom is 0.268 e. The number of hydrogen-bond acceptors (Lipinski definition) is 3. The molecule has 4 nitrogen and oxygen atoms in total. The largest absolute Gasteiger partial charge is 0.298 e. The van der Waals surface area contributed by atoms with Crippen molar-refractivity contribution in [2.24, 2.45) is 0 Å². The smallest absolute Gasteiger partial charge is 0.268 e. The van der Waals surface area contributed by atoms with Crippen LogP contribution in [0.1, 0.15) is 21.6 Å². The fourth-order valence-electron chi connectivity index (χ4n) is 2.93. The molecule has 0 radical (unpaired) electrons. The van der Waals surface area contributed by atoms with E-state index in [1.54, 1.807) is 44.2 Å². The molecule has 0 aliphatic heterocycles. The number of benzene rings is 2. The van der Waals surface area contributed by atoms with Gasteiger partial charge in [-0.25, -0.2) is 12.4 Å². The quantitative estimate of drug-likeness (QED) is 0.679. The molecule has 0 aliphatic rings. The number of carbonyl (C=O) groups excluding carboxylic acids is 1. The number of aldehydes is 1. The molecule has 3 aromatic rings. The molecule has 0 saturated carbocycles. The second-order valence-electron chi connectivity index (χ2n) is 5.54. The van der Waals surface area contributed by atoms with E-state index in [2.05, 4.69) is 0 Å². The molecule has 122 valence electrons. The van der Waals surface area contributed by atoms with E-state index in [0.29, 0.717) is 28.8 Å². The van der Waals surface area contributed by atoms with Crippen LogP contribution >= 0.6 is 0 Å². The molecule has 24 heavy (non-hydrogen) atoms. The first-order valence-electron chi connectivity index (χ1n) is 7.51. The zero-order valence-corrected chi connectivity index (χ0v) is 14.2. The molecule has 5 heteroatoms. The minimum absolute atomic E-state index is 0.192. The Morgan fingerprint density at radius 3 is 1.96 bits per heavy atom. The lowest BCUT2D eigenvalue weighted by Gasteiger charge is -2.13. The minimum atomic E-state index is -3.80. The Hall–Kier alpha value is -2.66. The Kier molecular flexibility index (Phi) is 4.11. The number of aromatic nitrogens is 1. The van der Waals surface area contributed by atoms with Crippen LogP contribution in [0.5, 0.6) is 0 Å². The van der Waals surface area contributed by atoms with Crippen molar-refractivity contribution in [3.05, 3.63) is 77.5 Å². The van der Waals surface area contributed by atoms with Gasteiger partial charge in [0.2, 0.25) is 0 Å². The van der Waals surface area contributed by atoms with E-state index in [4.69, 9.17) is 0 Å². The number of nitrogens with zero attached hydrogens (tertiary/aromatic N) is 1. The van der Waals surface area contributed by atoms with Crippen LogP contribution in [-0.4, -0.2) is 18.7 Å². The fraction of sp³-hybridized carbons (Fsp3) is 0.105. The number of carbonyl (C=O) groups is 1. The first-order chi connectivity index (χ1) is 11.5. The third kappa shape index (κ3) is 2.47. The van der Waals surface area contributed by atoms with Gasteiger partial charge >= 0.3 is 0 Å². The van der Waals surface area contributed by atoms with E-state index in [9.17, 15) is 13.2 Å². The van der Waals surface area contributed by atoms with Crippen LogP contribution < -0.4 is 0 Å². The maximum atomic E-state index is 13.2. The fourth-order valence-corrected chi connectivity index (χ4v) is 4.58. The molecule has 0 saturated heterocycles. The van der Waals surface area contributed by atoms with Gasteiger partial charge in [-0.1, -0.05) is 48.5 Å². The molecule has 3 rings (SSSR count). The molecule has 0 fully saturated rings. The van der Waals surface area contributed by atoms with Gasteiger partial charge in [0.1, 0.15) is 0 Å².